The van der Waals surface area contributed by atoms with Crippen LogP contribution in [-0.4, -0.2) is 57.5 Å². The molecule has 1 aliphatic carbocycles. The van der Waals surface area contributed by atoms with Gasteiger partial charge in [-0.25, -0.2) is 10.5 Å². The quantitative estimate of drug-likeness (QED) is 0.335. The molecule has 0 unspecified atom stereocenters. The highest BCUT2D eigenvalue weighted by Crippen LogP contribution is 2.31. The minimum Gasteiger partial charge on any atom is -0.297 e. The second kappa shape index (κ2) is 10.8. The van der Waals surface area contributed by atoms with Gasteiger partial charge in [0.25, 0.3) is 0 Å². The van der Waals surface area contributed by atoms with E-state index in [1.54, 1.807) is 0 Å². The highest BCUT2D eigenvalue weighted by Gasteiger charge is 2.38. The number of pyridine rings is 1. The second-order valence-corrected chi connectivity index (χ2v) is 8.79. The molecule has 170 valence electrons. The molecule has 31 heavy (non-hydrogen) atoms. The number of nitrogens with one attached hydrogen (secondary N) is 1. The SMILES string of the molecule is CCc1ccc(C)c(CC(=O)[C@@H]2CCNN2C(=O)[C@H](CC2CCCC2)CN(O)C=O)n1. The fraction of sp³-hybridized carbons (Fsp3) is 0.652. The molecule has 0 spiro atoms. The number of amides is 2. The van der Waals surface area contributed by atoms with Gasteiger partial charge in [-0.3, -0.25) is 29.6 Å². The molecule has 1 aromatic heterocycles. The third-order valence-corrected chi connectivity index (χ3v) is 6.56. The largest absolute Gasteiger partial charge is 0.297 e. The Morgan fingerprint density at radius 2 is 2.06 bits per heavy atom. The lowest BCUT2D eigenvalue weighted by Gasteiger charge is -2.30. The zero-order valence-corrected chi connectivity index (χ0v) is 18.5. The van der Waals surface area contributed by atoms with E-state index in [9.17, 15) is 19.6 Å². The number of rotatable bonds is 10. The van der Waals surface area contributed by atoms with Gasteiger partial charge in [-0.2, -0.15) is 0 Å². The minimum absolute atomic E-state index is 0.0435. The molecule has 8 heteroatoms. The number of hydroxylamine groups is 2. The molecule has 1 aliphatic heterocycles. The van der Waals surface area contributed by atoms with Crippen molar-refractivity contribution in [3.63, 3.8) is 0 Å². The smallest absolute Gasteiger partial charge is 0.242 e. The number of hydrogen-bond donors (Lipinski definition) is 2. The molecule has 2 atom stereocenters. The number of ketones is 1. The first-order chi connectivity index (χ1) is 14.9. The maximum absolute atomic E-state index is 13.4. The van der Waals surface area contributed by atoms with Crippen molar-refractivity contribution in [2.45, 2.75) is 71.3 Å². The van der Waals surface area contributed by atoms with Gasteiger partial charge in [-0.15, -0.1) is 0 Å². The Morgan fingerprint density at radius 1 is 1.32 bits per heavy atom. The standard InChI is InChI=1S/C23H34N4O4/c1-3-19-9-8-16(2)20(25-19)13-22(29)21-10-11-24-27(21)23(30)18(14-26(31)15-28)12-17-6-4-5-7-17/h8-9,15,17-18,21,24,31H,3-7,10-14H2,1-2H3/t18-,21+/m1/s1. The number of carbonyl (C=O) groups is 3. The summed E-state index contributed by atoms with van der Waals surface area (Å²) in [6, 6.07) is 3.39. The lowest BCUT2D eigenvalue weighted by Crippen LogP contribution is -2.51. The highest BCUT2D eigenvalue weighted by atomic mass is 16.5. The lowest BCUT2D eigenvalue weighted by atomic mass is 9.91. The van der Waals surface area contributed by atoms with Crippen LogP contribution < -0.4 is 5.43 Å². The Hall–Kier alpha value is -2.32. The predicted molar refractivity (Wildman–Crippen MR) is 115 cm³/mol. The second-order valence-electron chi connectivity index (χ2n) is 8.79. The van der Waals surface area contributed by atoms with Crippen LogP contribution in [0.1, 0.15) is 62.4 Å². The van der Waals surface area contributed by atoms with Crippen LogP contribution in [0.3, 0.4) is 0 Å². The summed E-state index contributed by atoms with van der Waals surface area (Å²) in [6.45, 7) is 4.45. The van der Waals surface area contributed by atoms with Crippen molar-refractivity contribution in [3.05, 3.63) is 29.1 Å². The zero-order valence-electron chi connectivity index (χ0n) is 18.5. The number of nitrogens with zero attached hydrogens (tertiary/aromatic N) is 3. The van der Waals surface area contributed by atoms with Gasteiger partial charge in [0.15, 0.2) is 5.78 Å². The number of hydrogen-bond acceptors (Lipinski definition) is 6. The van der Waals surface area contributed by atoms with Crippen molar-refractivity contribution >= 4 is 18.1 Å². The Kier molecular flexibility index (Phi) is 8.15. The summed E-state index contributed by atoms with van der Waals surface area (Å²) in [6.07, 6.45) is 6.88. The Balaban J connectivity index is 1.72. The number of aromatic nitrogens is 1. The molecule has 3 rings (SSSR count). The van der Waals surface area contributed by atoms with Crippen LogP contribution >= 0.6 is 0 Å². The van der Waals surface area contributed by atoms with Crippen molar-refractivity contribution < 1.29 is 19.6 Å². The molecule has 2 fully saturated rings. The van der Waals surface area contributed by atoms with E-state index in [4.69, 9.17) is 0 Å². The highest BCUT2D eigenvalue weighted by molar-refractivity contribution is 5.91. The van der Waals surface area contributed by atoms with Gasteiger partial charge in [0, 0.05) is 12.2 Å². The molecule has 2 N–H and O–H groups in total. The first-order valence-electron chi connectivity index (χ1n) is 11.4. The normalized spacial score (nSPS) is 20.1. The van der Waals surface area contributed by atoms with Crippen LogP contribution in [0.25, 0.3) is 0 Å². The maximum Gasteiger partial charge on any atom is 0.242 e. The summed E-state index contributed by atoms with van der Waals surface area (Å²) >= 11 is 0. The van der Waals surface area contributed by atoms with Gasteiger partial charge >= 0.3 is 0 Å². The molecule has 0 aromatic carbocycles. The Bertz CT molecular complexity index is 794. The molecule has 8 nitrogen and oxygen atoms in total. The Morgan fingerprint density at radius 3 is 2.74 bits per heavy atom. The zero-order chi connectivity index (χ0) is 22.4. The summed E-state index contributed by atoms with van der Waals surface area (Å²) in [4.78, 5) is 42.1. The van der Waals surface area contributed by atoms with Crippen LogP contribution in [0.15, 0.2) is 12.1 Å². The molecule has 0 radical (unpaired) electrons. The monoisotopic (exact) mass is 430 g/mol. The molecule has 1 saturated carbocycles. The van der Waals surface area contributed by atoms with E-state index >= 15 is 0 Å². The number of aryl methyl sites for hydroxylation is 2. The molecular weight excluding hydrogens is 396 g/mol. The van der Waals surface area contributed by atoms with Crippen LogP contribution in [0.5, 0.6) is 0 Å². The van der Waals surface area contributed by atoms with Crippen molar-refractivity contribution in [2.75, 3.05) is 13.1 Å². The minimum atomic E-state index is -0.562. The van der Waals surface area contributed by atoms with Gasteiger partial charge in [-0.05, 0) is 43.7 Å². The van der Waals surface area contributed by atoms with E-state index in [0.29, 0.717) is 36.8 Å². The molecule has 2 aliphatic rings. The van der Waals surface area contributed by atoms with E-state index in [0.717, 1.165) is 49.1 Å². The van der Waals surface area contributed by atoms with Gasteiger partial charge in [-0.1, -0.05) is 38.7 Å². The summed E-state index contributed by atoms with van der Waals surface area (Å²) < 4.78 is 0. The molecular formula is C23H34N4O4. The number of hydrazine groups is 1. The number of Topliss-reactive ketones (excluding diaryl/α,β-unsaturated/α-hetero) is 1. The molecule has 0 bridgehead atoms. The first kappa shape index (κ1) is 23.3. The predicted octanol–water partition coefficient (Wildman–Crippen LogP) is 2.21. The topological polar surface area (TPSA) is 103 Å². The van der Waals surface area contributed by atoms with Crippen molar-refractivity contribution in [2.24, 2.45) is 11.8 Å². The van der Waals surface area contributed by atoms with E-state index < -0.39 is 12.0 Å². The first-order valence-corrected chi connectivity index (χ1v) is 11.4. The van der Waals surface area contributed by atoms with Crippen LogP contribution in [-0.2, 0) is 27.2 Å². The molecule has 1 aromatic rings. The molecule has 2 heterocycles. The summed E-state index contributed by atoms with van der Waals surface area (Å²) in [7, 11) is 0. The molecule has 2 amide bonds. The van der Waals surface area contributed by atoms with E-state index in [2.05, 4.69) is 10.4 Å². The van der Waals surface area contributed by atoms with E-state index in [1.165, 1.54) is 5.01 Å². The van der Waals surface area contributed by atoms with Crippen LogP contribution in [0.4, 0.5) is 0 Å². The summed E-state index contributed by atoms with van der Waals surface area (Å²) in [5.74, 6) is -0.398. The van der Waals surface area contributed by atoms with Crippen molar-refractivity contribution in [1.82, 2.24) is 20.5 Å². The van der Waals surface area contributed by atoms with Gasteiger partial charge in [0.1, 0.15) is 6.04 Å². The van der Waals surface area contributed by atoms with E-state index in [-0.39, 0.29) is 24.7 Å². The maximum atomic E-state index is 13.4. The summed E-state index contributed by atoms with van der Waals surface area (Å²) in [5, 5.41) is 11.7. The third-order valence-electron chi connectivity index (χ3n) is 6.56. The number of carbonyl (C=O) groups excluding carboxylic acids is 3. The lowest BCUT2D eigenvalue weighted by molar-refractivity contribution is -0.159. The third kappa shape index (κ3) is 5.89. The van der Waals surface area contributed by atoms with Crippen LogP contribution in [0, 0.1) is 18.8 Å². The Labute approximate surface area is 183 Å². The van der Waals surface area contributed by atoms with Gasteiger partial charge in [0.05, 0.1) is 24.6 Å². The average Bonchev–Trinajstić information content (AvgIpc) is 3.46. The fourth-order valence-electron chi connectivity index (χ4n) is 4.74. The average molecular weight is 431 g/mol. The van der Waals surface area contributed by atoms with E-state index in [1.807, 2.05) is 26.0 Å². The summed E-state index contributed by atoms with van der Waals surface area (Å²) in [5.41, 5.74) is 5.73. The van der Waals surface area contributed by atoms with Crippen LogP contribution in [0.2, 0.25) is 0 Å². The van der Waals surface area contributed by atoms with Crippen molar-refractivity contribution in [3.8, 4) is 0 Å². The van der Waals surface area contributed by atoms with Gasteiger partial charge in [0.2, 0.25) is 12.3 Å². The molecule has 1 saturated heterocycles. The van der Waals surface area contributed by atoms with Crippen molar-refractivity contribution in [1.29, 1.82) is 0 Å². The van der Waals surface area contributed by atoms with Gasteiger partial charge < -0.3 is 0 Å². The fourth-order valence-corrected chi connectivity index (χ4v) is 4.74.